The highest BCUT2D eigenvalue weighted by atomic mass is 35.5. The van der Waals surface area contributed by atoms with E-state index in [1.54, 1.807) is 24.3 Å². The van der Waals surface area contributed by atoms with Crippen LogP contribution in [0.3, 0.4) is 0 Å². The van der Waals surface area contributed by atoms with Crippen LogP contribution in [0.4, 0.5) is 6.01 Å². The minimum atomic E-state index is -0.452. The van der Waals surface area contributed by atoms with Gasteiger partial charge in [-0.2, -0.15) is 0 Å². The first-order valence-electron chi connectivity index (χ1n) is 9.88. The molecular weight excluding hydrogens is 388 g/mol. The molecule has 1 aromatic heterocycles. The summed E-state index contributed by atoms with van der Waals surface area (Å²) in [5.74, 6) is 0.129. The van der Waals surface area contributed by atoms with Gasteiger partial charge in [0.15, 0.2) is 0 Å². The molecule has 29 heavy (non-hydrogen) atoms. The summed E-state index contributed by atoms with van der Waals surface area (Å²) in [6.07, 6.45) is 4.00. The van der Waals surface area contributed by atoms with Crippen molar-refractivity contribution in [1.29, 1.82) is 0 Å². The van der Waals surface area contributed by atoms with E-state index in [1.807, 2.05) is 30.3 Å². The van der Waals surface area contributed by atoms with Gasteiger partial charge in [0.1, 0.15) is 6.04 Å². The number of carbonyl (C=O) groups is 1. The number of rotatable bonds is 6. The molecule has 1 N–H and O–H groups in total. The number of piperidine rings is 1. The standard InChI is InChI=1S/C22H23ClN4O2/c23-18-12-6-5-11-17(18)20(28)24-19(15-16-9-3-1-4-10-16)21-25-26-22(29-21)27-13-7-2-8-14-27/h1,3-6,9-12,19H,2,7-8,13-15H2,(H,24,28)/t19-/m1/s1. The maximum absolute atomic E-state index is 12.9. The predicted octanol–water partition coefficient (Wildman–Crippen LogP) is 4.43. The molecule has 4 rings (SSSR count). The third kappa shape index (κ3) is 4.77. The number of amides is 1. The summed E-state index contributed by atoms with van der Waals surface area (Å²) in [5, 5.41) is 11.9. The van der Waals surface area contributed by atoms with Gasteiger partial charge in [0.2, 0.25) is 5.89 Å². The minimum absolute atomic E-state index is 0.269. The number of benzene rings is 2. The maximum atomic E-state index is 12.9. The van der Waals surface area contributed by atoms with E-state index in [4.69, 9.17) is 16.0 Å². The van der Waals surface area contributed by atoms with Gasteiger partial charge < -0.3 is 14.6 Å². The first-order valence-corrected chi connectivity index (χ1v) is 10.3. The minimum Gasteiger partial charge on any atom is -0.406 e. The molecule has 1 fully saturated rings. The zero-order valence-corrected chi connectivity index (χ0v) is 16.8. The molecule has 1 saturated heterocycles. The topological polar surface area (TPSA) is 71.3 Å². The third-order valence-electron chi connectivity index (χ3n) is 5.06. The van der Waals surface area contributed by atoms with E-state index < -0.39 is 6.04 Å². The van der Waals surface area contributed by atoms with E-state index >= 15 is 0 Å². The third-order valence-corrected chi connectivity index (χ3v) is 5.39. The molecule has 2 aromatic carbocycles. The predicted molar refractivity (Wildman–Crippen MR) is 112 cm³/mol. The molecule has 0 saturated carbocycles. The highest BCUT2D eigenvalue weighted by Gasteiger charge is 2.25. The van der Waals surface area contributed by atoms with E-state index in [9.17, 15) is 4.79 Å². The zero-order valence-electron chi connectivity index (χ0n) is 16.1. The molecule has 1 amide bonds. The maximum Gasteiger partial charge on any atom is 0.318 e. The number of hydrogen-bond acceptors (Lipinski definition) is 5. The van der Waals surface area contributed by atoms with Crippen molar-refractivity contribution < 1.29 is 9.21 Å². The average Bonchev–Trinajstić information content (AvgIpc) is 3.25. The van der Waals surface area contributed by atoms with Gasteiger partial charge in [0.05, 0.1) is 10.6 Å². The lowest BCUT2D eigenvalue weighted by molar-refractivity contribution is 0.0930. The van der Waals surface area contributed by atoms with Crippen molar-refractivity contribution in [2.75, 3.05) is 18.0 Å². The van der Waals surface area contributed by atoms with Crippen LogP contribution >= 0.6 is 11.6 Å². The Morgan fingerprint density at radius 3 is 2.52 bits per heavy atom. The van der Waals surface area contributed by atoms with Gasteiger partial charge in [0.25, 0.3) is 5.91 Å². The van der Waals surface area contributed by atoms with Gasteiger partial charge in [-0.3, -0.25) is 4.79 Å². The van der Waals surface area contributed by atoms with Crippen molar-refractivity contribution in [2.45, 2.75) is 31.7 Å². The fourth-order valence-electron chi connectivity index (χ4n) is 3.51. The van der Waals surface area contributed by atoms with Gasteiger partial charge >= 0.3 is 6.01 Å². The first-order chi connectivity index (χ1) is 14.2. The second-order valence-electron chi connectivity index (χ2n) is 7.17. The van der Waals surface area contributed by atoms with Crippen LogP contribution in [0.15, 0.2) is 59.0 Å². The highest BCUT2D eigenvalue weighted by molar-refractivity contribution is 6.33. The summed E-state index contributed by atoms with van der Waals surface area (Å²) in [6.45, 7) is 1.83. The average molecular weight is 411 g/mol. The Morgan fingerprint density at radius 1 is 1.03 bits per heavy atom. The van der Waals surface area contributed by atoms with Gasteiger partial charge in [-0.25, -0.2) is 0 Å². The van der Waals surface area contributed by atoms with Crippen molar-refractivity contribution in [3.8, 4) is 0 Å². The van der Waals surface area contributed by atoms with Crippen LogP contribution < -0.4 is 10.2 Å². The van der Waals surface area contributed by atoms with E-state index in [1.165, 1.54) is 6.42 Å². The highest BCUT2D eigenvalue weighted by Crippen LogP contribution is 2.24. The lowest BCUT2D eigenvalue weighted by atomic mass is 10.1. The summed E-state index contributed by atoms with van der Waals surface area (Å²) in [5.41, 5.74) is 1.48. The van der Waals surface area contributed by atoms with Gasteiger partial charge in [-0.1, -0.05) is 59.2 Å². The van der Waals surface area contributed by atoms with Crippen LogP contribution in [0, 0.1) is 0 Å². The van der Waals surface area contributed by atoms with Crippen molar-refractivity contribution in [3.63, 3.8) is 0 Å². The number of aromatic nitrogens is 2. The first kappa shape index (κ1) is 19.5. The Kier molecular flexibility index (Phi) is 6.10. The van der Waals surface area contributed by atoms with E-state index in [0.717, 1.165) is 31.5 Å². The summed E-state index contributed by atoms with van der Waals surface area (Å²) < 4.78 is 5.98. The summed E-state index contributed by atoms with van der Waals surface area (Å²) >= 11 is 6.20. The van der Waals surface area contributed by atoms with Crippen molar-refractivity contribution >= 4 is 23.5 Å². The number of halogens is 1. The Balaban J connectivity index is 1.57. The van der Waals surface area contributed by atoms with E-state index in [0.29, 0.717) is 28.9 Å². The molecule has 0 radical (unpaired) electrons. The number of nitrogens with one attached hydrogen (secondary N) is 1. The van der Waals surface area contributed by atoms with Crippen molar-refractivity contribution in [3.05, 3.63) is 76.6 Å². The van der Waals surface area contributed by atoms with E-state index in [-0.39, 0.29) is 5.91 Å². The Morgan fingerprint density at radius 2 is 1.76 bits per heavy atom. The molecule has 0 bridgehead atoms. The number of anilines is 1. The molecule has 150 valence electrons. The lowest BCUT2D eigenvalue weighted by Gasteiger charge is -2.24. The zero-order chi connectivity index (χ0) is 20.1. The van der Waals surface area contributed by atoms with Gasteiger partial charge in [-0.05, 0) is 37.0 Å². The summed E-state index contributed by atoms with van der Waals surface area (Å²) in [6, 6.07) is 17.0. The van der Waals surface area contributed by atoms with Crippen LogP contribution in [-0.4, -0.2) is 29.2 Å². The quantitative estimate of drug-likeness (QED) is 0.651. The SMILES string of the molecule is O=C(N[C@H](Cc1ccccc1)c1nnc(N2CCCCC2)o1)c1ccccc1Cl. The molecule has 0 aliphatic carbocycles. The molecule has 6 nitrogen and oxygen atoms in total. The molecule has 2 heterocycles. The Labute approximate surface area is 174 Å². The summed E-state index contributed by atoms with van der Waals surface area (Å²) in [4.78, 5) is 15.0. The molecular formula is C22H23ClN4O2. The van der Waals surface area contributed by atoms with Gasteiger partial charge in [0, 0.05) is 19.5 Å². The van der Waals surface area contributed by atoms with Crippen LogP contribution in [0.1, 0.15) is 47.1 Å². The molecule has 1 aliphatic heterocycles. The Bertz CT molecular complexity index is 954. The normalized spacial score (nSPS) is 15.1. The van der Waals surface area contributed by atoms with E-state index in [2.05, 4.69) is 20.4 Å². The van der Waals surface area contributed by atoms with Crippen LogP contribution in [0.25, 0.3) is 0 Å². The molecule has 1 atom stereocenters. The van der Waals surface area contributed by atoms with Crippen molar-refractivity contribution in [1.82, 2.24) is 15.5 Å². The van der Waals surface area contributed by atoms with Crippen LogP contribution in [-0.2, 0) is 6.42 Å². The van der Waals surface area contributed by atoms with Gasteiger partial charge in [-0.15, -0.1) is 5.10 Å². The number of hydrogen-bond donors (Lipinski definition) is 1. The largest absolute Gasteiger partial charge is 0.406 e. The molecule has 1 aliphatic rings. The summed E-state index contributed by atoms with van der Waals surface area (Å²) in [7, 11) is 0. The van der Waals surface area contributed by atoms with Crippen LogP contribution in [0.2, 0.25) is 5.02 Å². The second-order valence-corrected chi connectivity index (χ2v) is 7.57. The molecule has 7 heteroatoms. The second kappa shape index (κ2) is 9.09. The Hall–Kier alpha value is -2.86. The fraction of sp³-hybridized carbons (Fsp3) is 0.318. The smallest absolute Gasteiger partial charge is 0.318 e. The molecule has 0 spiro atoms. The number of carbonyl (C=O) groups excluding carboxylic acids is 1. The molecule has 0 unspecified atom stereocenters. The number of nitrogens with zero attached hydrogens (tertiary/aromatic N) is 3. The fourth-order valence-corrected chi connectivity index (χ4v) is 3.73. The van der Waals surface area contributed by atoms with Crippen molar-refractivity contribution in [2.24, 2.45) is 0 Å². The monoisotopic (exact) mass is 410 g/mol. The lowest BCUT2D eigenvalue weighted by Crippen LogP contribution is -2.30. The molecule has 3 aromatic rings. The van der Waals surface area contributed by atoms with Crippen LogP contribution in [0.5, 0.6) is 0 Å².